The maximum absolute atomic E-state index is 13.4. The molecule has 0 saturated heterocycles. The molecule has 0 saturated carbocycles. The number of methoxy groups -OCH3 is 1. The van der Waals surface area contributed by atoms with Crippen molar-refractivity contribution in [1.82, 2.24) is 0 Å². The number of hydrogen-bond acceptors (Lipinski definition) is 2. The van der Waals surface area contributed by atoms with Crippen molar-refractivity contribution in [3.63, 3.8) is 0 Å². The molecule has 0 aliphatic rings. The molecule has 0 aliphatic carbocycles. The highest BCUT2D eigenvalue weighted by atomic mass is 19.1. The molecule has 0 spiro atoms. The Kier molecular flexibility index (Phi) is 3.56. The van der Waals surface area contributed by atoms with Crippen molar-refractivity contribution in [2.45, 2.75) is 20.8 Å². The van der Waals surface area contributed by atoms with E-state index in [1.807, 2.05) is 20.8 Å². The standard InChI is InChI=1S/C12H17FO2/c1-12(2,3)8-15-11-6-5-9(14-4)7-10(11)13/h5-7H,8H2,1-4H3. The van der Waals surface area contributed by atoms with E-state index in [-0.39, 0.29) is 11.2 Å². The van der Waals surface area contributed by atoms with Crippen LogP contribution in [0.4, 0.5) is 4.39 Å². The topological polar surface area (TPSA) is 18.5 Å². The summed E-state index contributed by atoms with van der Waals surface area (Å²) in [5.74, 6) is 0.375. The molecule has 15 heavy (non-hydrogen) atoms. The summed E-state index contributed by atoms with van der Waals surface area (Å²) < 4.78 is 23.7. The molecule has 1 aromatic carbocycles. The van der Waals surface area contributed by atoms with Crippen molar-refractivity contribution in [3.8, 4) is 11.5 Å². The van der Waals surface area contributed by atoms with Gasteiger partial charge in [-0.05, 0) is 17.5 Å². The fraction of sp³-hybridized carbons (Fsp3) is 0.500. The minimum atomic E-state index is -0.390. The lowest BCUT2D eigenvalue weighted by atomic mass is 9.99. The quantitative estimate of drug-likeness (QED) is 0.765. The molecule has 0 bridgehead atoms. The molecule has 0 amide bonds. The molecule has 0 atom stereocenters. The highest BCUT2D eigenvalue weighted by molar-refractivity contribution is 5.33. The number of halogens is 1. The maximum Gasteiger partial charge on any atom is 0.168 e. The van der Waals surface area contributed by atoms with Crippen molar-refractivity contribution >= 4 is 0 Å². The molecule has 0 aromatic heterocycles. The van der Waals surface area contributed by atoms with Crippen LogP contribution in [-0.2, 0) is 0 Å². The third kappa shape index (κ3) is 3.78. The summed E-state index contributed by atoms with van der Waals surface area (Å²) in [5, 5.41) is 0. The third-order valence-corrected chi connectivity index (χ3v) is 1.80. The fourth-order valence-corrected chi connectivity index (χ4v) is 1.02. The highest BCUT2D eigenvalue weighted by Crippen LogP contribution is 2.24. The van der Waals surface area contributed by atoms with Crippen LogP contribution in [0, 0.1) is 11.2 Å². The Labute approximate surface area is 90.0 Å². The molecule has 1 rings (SSSR count). The van der Waals surface area contributed by atoms with E-state index >= 15 is 0 Å². The molecule has 0 heterocycles. The zero-order valence-electron chi connectivity index (χ0n) is 9.63. The molecule has 0 unspecified atom stereocenters. The summed E-state index contributed by atoms with van der Waals surface area (Å²) >= 11 is 0. The number of ether oxygens (including phenoxy) is 2. The van der Waals surface area contributed by atoms with Crippen molar-refractivity contribution < 1.29 is 13.9 Å². The van der Waals surface area contributed by atoms with E-state index in [1.54, 1.807) is 12.1 Å². The Bertz CT molecular complexity index is 329. The Balaban J connectivity index is 2.70. The van der Waals surface area contributed by atoms with Gasteiger partial charge in [0.15, 0.2) is 11.6 Å². The van der Waals surface area contributed by atoms with Crippen LogP contribution in [0.25, 0.3) is 0 Å². The highest BCUT2D eigenvalue weighted by Gasteiger charge is 2.13. The van der Waals surface area contributed by atoms with Crippen molar-refractivity contribution in [1.29, 1.82) is 0 Å². The molecule has 0 aliphatic heterocycles. The van der Waals surface area contributed by atoms with Gasteiger partial charge in [0.1, 0.15) is 5.75 Å². The van der Waals surface area contributed by atoms with Crippen LogP contribution in [0.2, 0.25) is 0 Å². The van der Waals surface area contributed by atoms with Crippen LogP contribution in [0.5, 0.6) is 11.5 Å². The van der Waals surface area contributed by atoms with Crippen molar-refractivity contribution in [2.24, 2.45) is 5.41 Å². The molecule has 1 aromatic rings. The smallest absolute Gasteiger partial charge is 0.168 e. The summed E-state index contributed by atoms with van der Waals surface area (Å²) in [7, 11) is 1.50. The summed E-state index contributed by atoms with van der Waals surface area (Å²) in [6.45, 7) is 6.59. The SMILES string of the molecule is COc1ccc(OCC(C)(C)C)c(F)c1. The van der Waals surface area contributed by atoms with E-state index in [2.05, 4.69) is 0 Å². The second-order valence-corrected chi connectivity index (χ2v) is 4.65. The normalized spacial score (nSPS) is 11.3. The van der Waals surface area contributed by atoms with E-state index in [4.69, 9.17) is 9.47 Å². The van der Waals surface area contributed by atoms with Gasteiger partial charge in [0, 0.05) is 6.07 Å². The van der Waals surface area contributed by atoms with Crippen LogP contribution in [0.15, 0.2) is 18.2 Å². The van der Waals surface area contributed by atoms with Gasteiger partial charge in [0.25, 0.3) is 0 Å². The Hall–Kier alpha value is -1.25. The molecular weight excluding hydrogens is 195 g/mol. The van der Waals surface area contributed by atoms with Gasteiger partial charge < -0.3 is 9.47 Å². The first-order valence-corrected chi connectivity index (χ1v) is 4.89. The summed E-state index contributed by atoms with van der Waals surface area (Å²) in [6, 6.07) is 4.58. The third-order valence-electron chi connectivity index (χ3n) is 1.80. The van der Waals surface area contributed by atoms with E-state index in [1.165, 1.54) is 13.2 Å². The van der Waals surface area contributed by atoms with Gasteiger partial charge in [-0.15, -0.1) is 0 Å². The Morgan fingerprint density at radius 2 is 1.93 bits per heavy atom. The van der Waals surface area contributed by atoms with E-state index in [0.29, 0.717) is 12.4 Å². The average Bonchev–Trinajstić information content (AvgIpc) is 2.14. The number of benzene rings is 1. The van der Waals surface area contributed by atoms with Crippen LogP contribution < -0.4 is 9.47 Å². The second-order valence-electron chi connectivity index (χ2n) is 4.65. The van der Waals surface area contributed by atoms with Gasteiger partial charge in [-0.3, -0.25) is 0 Å². The lowest BCUT2D eigenvalue weighted by molar-refractivity contribution is 0.191. The summed E-state index contributed by atoms with van der Waals surface area (Å²) in [4.78, 5) is 0. The molecule has 3 heteroatoms. The first-order valence-electron chi connectivity index (χ1n) is 4.89. The van der Waals surface area contributed by atoms with E-state index in [9.17, 15) is 4.39 Å². The molecule has 2 nitrogen and oxygen atoms in total. The first-order chi connectivity index (χ1) is 6.92. The van der Waals surface area contributed by atoms with Gasteiger partial charge in [0.2, 0.25) is 0 Å². The van der Waals surface area contributed by atoms with Crippen LogP contribution in [-0.4, -0.2) is 13.7 Å². The fourth-order valence-electron chi connectivity index (χ4n) is 1.02. The molecule has 0 fully saturated rings. The molecule has 0 radical (unpaired) electrons. The number of rotatable bonds is 3. The van der Waals surface area contributed by atoms with Gasteiger partial charge >= 0.3 is 0 Å². The summed E-state index contributed by atoms with van der Waals surface area (Å²) in [5.41, 5.74) is 0.0202. The van der Waals surface area contributed by atoms with Crippen LogP contribution >= 0.6 is 0 Å². The largest absolute Gasteiger partial charge is 0.497 e. The molecule has 84 valence electrons. The van der Waals surface area contributed by atoms with Crippen molar-refractivity contribution in [2.75, 3.05) is 13.7 Å². The minimum absolute atomic E-state index is 0.0202. The monoisotopic (exact) mass is 212 g/mol. The zero-order valence-corrected chi connectivity index (χ0v) is 9.63. The molecular formula is C12H17FO2. The number of hydrogen-bond donors (Lipinski definition) is 0. The van der Waals surface area contributed by atoms with E-state index < -0.39 is 5.82 Å². The molecule has 0 N–H and O–H groups in total. The van der Waals surface area contributed by atoms with Crippen LogP contribution in [0.1, 0.15) is 20.8 Å². The van der Waals surface area contributed by atoms with E-state index in [0.717, 1.165) is 0 Å². The zero-order chi connectivity index (χ0) is 11.5. The van der Waals surface area contributed by atoms with Gasteiger partial charge in [-0.2, -0.15) is 0 Å². The lowest BCUT2D eigenvalue weighted by Crippen LogP contribution is -2.17. The summed E-state index contributed by atoms with van der Waals surface area (Å²) in [6.07, 6.45) is 0. The minimum Gasteiger partial charge on any atom is -0.497 e. The van der Waals surface area contributed by atoms with Gasteiger partial charge in [-0.25, -0.2) is 4.39 Å². The second kappa shape index (κ2) is 4.51. The van der Waals surface area contributed by atoms with Crippen molar-refractivity contribution in [3.05, 3.63) is 24.0 Å². The van der Waals surface area contributed by atoms with Crippen LogP contribution in [0.3, 0.4) is 0 Å². The average molecular weight is 212 g/mol. The Morgan fingerprint density at radius 1 is 1.27 bits per heavy atom. The van der Waals surface area contributed by atoms with Gasteiger partial charge in [-0.1, -0.05) is 20.8 Å². The lowest BCUT2D eigenvalue weighted by Gasteiger charge is -2.19. The Morgan fingerprint density at radius 3 is 2.40 bits per heavy atom. The predicted octanol–water partition coefficient (Wildman–Crippen LogP) is 3.26. The van der Waals surface area contributed by atoms with Gasteiger partial charge in [0.05, 0.1) is 13.7 Å². The predicted molar refractivity (Wildman–Crippen MR) is 57.9 cm³/mol. The first kappa shape index (κ1) is 11.8. The maximum atomic E-state index is 13.4.